The van der Waals surface area contributed by atoms with E-state index in [1.54, 1.807) is 6.92 Å². The van der Waals surface area contributed by atoms with Crippen LogP contribution in [0, 0.1) is 0 Å². The quantitative estimate of drug-likeness (QED) is 0.627. The van der Waals surface area contributed by atoms with E-state index in [-0.39, 0.29) is 26.4 Å². The lowest BCUT2D eigenvalue weighted by Crippen LogP contribution is -2.32. The molecule has 0 radical (unpaired) electrons. The van der Waals surface area contributed by atoms with Crippen LogP contribution in [0.1, 0.15) is 6.92 Å². The standard InChI is InChI=1S/C17H19NO5/c1-2-21-16(19)12-18-17(20)23-10-9-22-15-8-7-13-5-3-4-6-14(13)11-15/h3-8,11H,2,9-10,12H2,1H3,(H,18,20). The van der Waals surface area contributed by atoms with E-state index in [0.29, 0.717) is 5.75 Å². The number of ether oxygens (including phenoxy) is 3. The Bertz CT molecular complexity index is 671. The van der Waals surface area contributed by atoms with Gasteiger partial charge in [-0.05, 0) is 29.8 Å². The highest BCUT2D eigenvalue weighted by atomic mass is 16.6. The number of hydrogen-bond acceptors (Lipinski definition) is 5. The van der Waals surface area contributed by atoms with Gasteiger partial charge in [0.15, 0.2) is 0 Å². The molecule has 6 nitrogen and oxygen atoms in total. The average Bonchev–Trinajstić information content (AvgIpc) is 2.57. The highest BCUT2D eigenvalue weighted by molar-refractivity contribution is 5.83. The van der Waals surface area contributed by atoms with Gasteiger partial charge < -0.3 is 19.5 Å². The van der Waals surface area contributed by atoms with Gasteiger partial charge in [0.05, 0.1) is 6.61 Å². The largest absolute Gasteiger partial charge is 0.490 e. The van der Waals surface area contributed by atoms with Crippen LogP contribution >= 0.6 is 0 Å². The summed E-state index contributed by atoms with van der Waals surface area (Å²) in [4.78, 5) is 22.4. The van der Waals surface area contributed by atoms with Crippen molar-refractivity contribution in [2.75, 3.05) is 26.4 Å². The van der Waals surface area contributed by atoms with Gasteiger partial charge in [-0.3, -0.25) is 4.79 Å². The minimum Gasteiger partial charge on any atom is -0.490 e. The molecule has 0 fully saturated rings. The molecule has 0 atom stereocenters. The molecule has 0 aliphatic carbocycles. The number of esters is 1. The van der Waals surface area contributed by atoms with Gasteiger partial charge in [0.25, 0.3) is 0 Å². The van der Waals surface area contributed by atoms with Crippen LogP contribution < -0.4 is 10.1 Å². The summed E-state index contributed by atoms with van der Waals surface area (Å²) in [7, 11) is 0. The number of nitrogens with one attached hydrogen (secondary N) is 1. The van der Waals surface area contributed by atoms with Gasteiger partial charge in [0.2, 0.25) is 0 Å². The SMILES string of the molecule is CCOC(=O)CNC(=O)OCCOc1ccc2ccccc2c1. The van der Waals surface area contributed by atoms with Crippen molar-refractivity contribution >= 4 is 22.8 Å². The number of hydrogen-bond donors (Lipinski definition) is 1. The number of rotatable bonds is 7. The molecule has 2 rings (SSSR count). The van der Waals surface area contributed by atoms with Crippen LogP contribution in [-0.4, -0.2) is 38.4 Å². The van der Waals surface area contributed by atoms with Crippen molar-refractivity contribution in [3.8, 4) is 5.75 Å². The number of amides is 1. The number of carbonyl (C=O) groups is 2. The average molecular weight is 317 g/mol. The summed E-state index contributed by atoms with van der Waals surface area (Å²) >= 11 is 0. The summed E-state index contributed by atoms with van der Waals surface area (Å²) in [6.45, 7) is 2.07. The molecule has 0 saturated carbocycles. The first kappa shape index (κ1) is 16.6. The highest BCUT2D eigenvalue weighted by Crippen LogP contribution is 2.20. The molecule has 122 valence electrons. The van der Waals surface area contributed by atoms with Gasteiger partial charge in [-0.15, -0.1) is 0 Å². The summed E-state index contributed by atoms with van der Waals surface area (Å²) in [5, 5.41) is 4.51. The fraction of sp³-hybridized carbons (Fsp3) is 0.294. The number of carbonyl (C=O) groups excluding carboxylic acids is 2. The summed E-state index contributed by atoms with van der Waals surface area (Å²) in [5.74, 6) is 0.205. The Morgan fingerprint density at radius 3 is 2.57 bits per heavy atom. The minimum atomic E-state index is -0.680. The lowest BCUT2D eigenvalue weighted by atomic mass is 10.1. The van der Waals surface area contributed by atoms with Crippen LogP contribution in [0.2, 0.25) is 0 Å². The third kappa shape index (κ3) is 5.50. The molecule has 6 heteroatoms. The van der Waals surface area contributed by atoms with Gasteiger partial charge in [-0.25, -0.2) is 4.79 Å². The Balaban J connectivity index is 1.68. The summed E-state index contributed by atoms with van der Waals surface area (Å²) in [6, 6.07) is 13.7. The maximum Gasteiger partial charge on any atom is 0.407 e. The topological polar surface area (TPSA) is 73.9 Å². The number of fused-ring (bicyclic) bond motifs is 1. The van der Waals surface area contributed by atoms with Crippen LogP contribution in [0.4, 0.5) is 4.79 Å². The third-order valence-corrected chi connectivity index (χ3v) is 2.99. The van der Waals surface area contributed by atoms with E-state index < -0.39 is 12.1 Å². The van der Waals surface area contributed by atoms with Gasteiger partial charge in [-0.1, -0.05) is 30.3 Å². The fourth-order valence-electron chi connectivity index (χ4n) is 1.96. The summed E-state index contributed by atoms with van der Waals surface area (Å²) in [5.41, 5.74) is 0. The van der Waals surface area contributed by atoms with E-state index in [1.807, 2.05) is 42.5 Å². The Kier molecular flexibility index (Phi) is 6.23. The molecule has 23 heavy (non-hydrogen) atoms. The molecule has 0 unspecified atom stereocenters. The lowest BCUT2D eigenvalue weighted by molar-refractivity contribution is -0.141. The van der Waals surface area contributed by atoms with Crippen molar-refractivity contribution in [3.63, 3.8) is 0 Å². The van der Waals surface area contributed by atoms with E-state index in [2.05, 4.69) is 10.1 Å². The molecular formula is C17H19NO5. The van der Waals surface area contributed by atoms with Crippen LogP contribution in [0.15, 0.2) is 42.5 Å². The van der Waals surface area contributed by atoms with Crippen molar-refractivity contribution in [3.05, 3.63) is 42.5 Å². The lowest BCUT2D eigenvalue weighted by Gasteiger charge is -2.09. The third-order valence-electron chi connectivity index (χ3n) is 2.99. The summed E-state index contributed by atoms with van der Waals surface area (Å²) in [6.07, 6.45) is -0.680. The summed E-state index contributed by atoms with van der Waals surface area (Å²) < 4.78 is 15.1. The molecule has 0 aliphatic rings. The number of benzene rings is 2. The molecule has 0 saturated heterocycles. The predicted molar refractivity (Wildman–Crippen MR) is 85.4 cm³/mol. The van der Waals surface area contributed by atoms with Crippen molar-refractivity contribution in [1.82, 2.24) is 5.32 Å². The van der Waals surface area contributed by atoms with Gasteiger partial charge in [0, 0.05) is 0 Å². The zero-order valence-electron chi connectivity index (χ0n) is 12.9. The molecule has 0 spiro atoms. The first-order chi connectivity index (χ1) is 11.2. The molecule has 0 aromatic heterocycles. The number of alkyl carbamates (subject to hydrolysis) is 1. The van der Waals surface area contributed by atoms with Crippen LogP contribution in [0.5, 0.6) is 5.75 Å². The van der Waals surface area contributed by atoms with Crippen LogP contribution in [0.25, 0.3) is 10.8 Å². The van der Waals surface area contributed by atoms with E-state index in [4.69, 9.17) is 9.47 Å². The predicted octanol–water partition coefficient (Wildman–Crippen LogP) is 2.51. The normalized spacial score (nSPS) is 10.1. The molecule has 1 amide bonds. The Hall–Kier alpha value is -2.76. The second kappa shape index (κ2) is 8.63. The second-order valence-corrected chi connectivity index (χ2v) is 4.65. The molecule has 2 aromatic carbocycles. The highest BCUT2D eigenvalue weighted by Gasteiger charge is 2.06. The van der Waals surface area contributed by atoms with Crippen LogP contribution in [-0.2, 0) is 14.3 Å². The van der Waals surface area contributed by atoms with Gasteiger partial charge in [0.1, 0.15) is 25.5 Å². The van der Waals surface area contributed by atoms with E-state index in [0.717, 1.165) is 10.8 Å². The molecule has 2 aromatic rings. The Morgan fingerprint density at radius 1 is 1.00 bits per heavy atom. The minimum absolute atomic E-state index is 0.0848. The zero-order valence-corrected chi connectivity index (χ0v) is 12.9. The molecule has 0 aliphatic heterocycles. The van der Waals surface area contributed by atoms with Crippen molar-refractivity contribution in [2.45, 2.75) is 6.92 Å². The smallest absolute Gasteiger partial charge is 0.407 e. The fourth-order valence-corrected chi connectivity index (χ4v) is 1.96. The van der Waals surface area contributed by atoms with Crippen molar-refractivity contribution in [1.29, 1.82) is 0 Å². The molecule has 0 heterocycles. The van der Waals surface area contributed by atoms with E-state index in [9.17, 15) is 9.59 Å². The maximum absolute atomic E-state index is 11.3. The second-order valence-electron chi connectivity index (χ2n) is 4.65. The molecule has 0 bridgehead atoms. The van der Waals surface area contributed by atoms with E-state index in [1.165, 1.54) is 0 Å². The zero-order chi connectivity index (χ0) is 16.5. The molecular weight excluding hydrogens is 298 g/mol. The Labute approximate surface area is 134 Å². The van der Waals surface area contributed by atoms with Gasteiger partial charge >= 0.3 is 12.1 Å². The van der Waals surface area contributed by atoms with Crippen molar-refractivity contribution in [2.24, 2.45) is 0 Å². The van der Waals surface area contributed by atoms with Crippen molar-refractivity contribution < 1.29 is 23.8 Å². The Morgan fingerprint density at radius 2 is 1.78 bits per heavy atom. The van der Waals surface area contributed by atoms with Crippen LogP contribution in [0.3, 0.4) is 0 Å². The monoisotopic (exact) mass is 317 g/mol. The maximum atomic E-state index is 11.3. The van der Waals surface area contributed by atoms with Gasteiger partial charge in [-0.2, -0.15) is 0 Å². The van der Waals surface area contributed by atoms with E-state index >= 15 is 0 Å². The first-order valence-electron chi connectivity index (χ1n) is 7.37. The molecule has 1 N–H and O–H groups in total. The first-order valence-corrected chi connectivity index (χ1v) is 7.37.